The summed E-state index contributed by atoms with van der Waals surface area (Å²) in [7, 11) is -3.92. The predicted molar refractivity (Wildman–Crippen MR) is 103 cm³/mol. The van der Waals surface area contributed by atoms with Gasteiger partial charge in [-0.3, -0.25) is 9.52 Å². The lowest BCUT2D eigenvalue weighted by Crippen LogP contribution is -2.16. The smallest absolute Gasteiger partial charge is 0.261 e. The summed E-state index contributed by atoms with van der Waals surface area (Å²) < 4.78 is 27.5. The van der Waals surface area contributed by atoms with Crippen molar-refractivity contribution in [1.82, 2.24) is 4.98 Å². The number of halogens is 1. The van der Waals surface area contributed by atoms with Gasteiger partial charge in [0.05, 0.1) is 10.6 Å². The van der Waals surface area contributed by atoms with Crippen molar-refractivity contribution < 1.29 is 18.3 Å². The molecule has 0 spiro atoms. The Morgan fingerprint density at radius 3 is 2.56 bits per heavy atom. The lowest BCUT2D eigenvalue weighted by molar-refractivity contribution is 0.102. The number of hydrogen-bond acceptors (Lipinski definition) is 5. The number of nitrogens with one attached hydrogen (secondary N) is 2. The molecule has 0 aliphatic heterocycles. The number of sulfonamides is 1. The van der Waals surface area contributed by atoms with Gasteiger partial charge in [0.2, 0.25) is 0 Å². The fourth-order valence-corrected chi connectivity index (χ4v) is 3.53. The summed E-state index contributed by atoms with van der Waals surface area (Å²) in [5, 5.41) is 12.5. The number of aromatic nitrogens is 1. The number of nitrogens with zero attached hydrogens (tertiary/aromatic N) is 1. The van der Waals surface area contributed by atoms with Gasteiger partial charge < -0.3 is 10.4 Å². The van der Waals surface area contributed by atoms with E-state index in [0.29, 0.717) is 10.7 Å². The Hall–Kier alpha value is -3.10. The number of benzene rings is 2. The van der Waals surface area contributed by atoms with Gasteiger partial charge in [0.25, 0.3) is 15.9 Å². The maximum Gasteiger partial charge on any atom is 0.261 e. The molecule has 7 nitrogen and oxygen atoms in total. The number of amides is 1. The highest BCUT2D eigenvalue weighted by molar-refractivity contribution is 7.92. The molecule has 1 heterocycles. The summed E-state index contributed by atoms with van der Waals surface area (Å²) in [6, 6.07) is 14.6. The van der Waals surface area contributed by atoms with Gasteiger partial charge in [-0.1, -0.05) is 23.7 Å². The van der Waals surface area contributed by atoms with Gasteiger partial charge in [0.15, 0.2) is 11.6 Å². The van der Waals surface area contributed by atoms with E-state index in [4.69, 9.17) is 11.6 Å². The third-order valence-electron chi connectivity index (χ3n) is 3.50. The average molecular weight is 404 g/mol. The van der Waals surface area contributed by atoms with E-state index in [-0.39, 0.29) is 22.0 Å². The molecule has 0 radical (unpaired) electrons. The maximum absolute atomic E-state index is 12.6. The van der Waals surface area contributed by atoms with Crippen molar-refractivity contribution in [3.05, 3.63) is 77.4 Å². The lowest BCUT2D eigenvalue weighted by atomic mass is 10.2. The van der Waals surface area contributed by atoms with Crippen molar-refractivity contribution in [3.63, 3.8) is 0 Å². The average Bonchev–Trinajstić information content (AvgIpc) is 2.63. The molecule has 0 atom stereocenters. The topological polar surface area (TPSA) is 108 Å². The fraction of sp³-hybridized carbons (Fsp3) is 0. The molecule has 3 N–H and O–H groups in total. The summed E-state index contributed by atoms with van der Waals surface area (Å²) in [4.78, 5) is 16.1. The van der Waals surface area contributed by atoms with E-state index >= 15 is 0 Å². The molecule has 0 aliphatic carbocycles. The Kier molecular flexibility index (Phi) is 5.29. The van der Waals surface area contributed by atoms with Gasteiger partial charge in [0, 0.05) is 16.8 Å². The summed E-state index contributed by atoms with van der Waals surface area (Å²) in [6.07, 6.45) is 1.41. The molecule has 9 heteroatoms. The van der Waals surface area contributed by atoms with Crippen LogP contribution in [-0.2, 0) is 10.0 Å². The minimum atomic E-state index is -3.92. The minimum absolute atomic E-state index is 0.0205. The molecule has 0 unspecified atom stereocenters. The van der Waals surface area contributed by atoms with Crippen LogP contribution in [0.3, 0.4) is 0 Å². The zero-order chi connectivity index (χ0) is 19.4. The highest BCUT2D eigenvalue weighted by atomic mass is 35.5. The Morgan fingerprint density at radius 2 is 1.81 bits per heavy atom. The van der Waals surface area contributed by atoms with Gasteiger partial charge in [-0.25, -0.2) is 13.4 Å². The molecule has 0 bridgehead atoms. The number of anilines is 2. The minimum Gasteiger partial charge on any atom is -0.504 e. The third kappa shape index (κ3) is 4.55. The molecule has 0 aliphatic rings. The van der Waals surface area contributed by atoms with Gasteiger partial charge in [-0.15, -0.1) is 0 Å². The Balaban J connectivity index is 1.84. The Bertz CT molecular complexity index is 1100. The third-order valence-corrected chi connectivity index (χ3v) is 5.12. The Morgan fingerprint density at radius 1 is 1.04 bits per heavy atom. The molecule has 1 aromatic heterocycles. The van der Waals surface area contributed by atoms with E-state index < -0.39 is 15.9 Å². The van der Waals surface area contributed by atoms with Gasteiger partial charge in [-0.05, 0) is 48.5 Å². The molecule has 138 valence electrons. The van der Waals surface area contributed by atoms with Crippen molar-refractivity contribution >= 4 is 39.0 Å². The fourth-order valence-electron chi connectivity index (χ4n) is 2.24. The second kappa shape index (κ2) is 7.65. The molecular weight excluding hydrogens is 390 g/mol. The van der Waals surface area contributed by atoms with E-state index in [9.17, 15) is 18.3 Å². The predicted octanol–water partition coefficient (Wildman–Crippen LogP) is 3.49. The second-order valence-corrected chi connectivity index (χ2v) is 7.59. The number of rotatable bonds is 5. The standard InChI is InChI=1S/C18H14ClN3O4S/c19-13-5-2-6-14(11-13)22-27(25,26)15-7-1-4-12(10-15)18(24)21-17-16(23)8-3-9-20-17/h1-11,22-23H,(H,20,21,24). The van der Waals surface area contributed by atoms with Crippen LogP contribution in [0.4, 0.5) is 11.5 Å². The summed E-state index contributed by atoms with van der Waals surface area (Å²) in [5.41, 5.74) is 0.393. The first-order chi connectivity index (χ1) is 12.8. The zero-order valence-corrected chi connectivity index (χ0v) is 15.3. The van der Waals surface area contributed by atoms with E-state index in [0.717, 1.165) is 0 Å². The van der Waals surface area contributed by atoms with Crippen molar-refractivity contribution in [3.8, 4) is 5.75 Å². The number of carbonyl (C=O) groups excluding carboxylic acids is 1. The van der Waals surface area contributed by atoms with Crippen LogP contribution in [0.25, 0.3) is 0 Å². The lowest BCUT2D eigenvalue weighted by Gasteiger charge is -2.10. The molecule has 0 saturated carbocycles. The first-order valence-corrected chi connectivity index (χ1v) is 9.55. The highest BCUT2D eigenvalue weighted by Gasteiger charge is 2.17. The van der Waals surface area contributed by atoms with Crippen molar-refractivity contribution in [2.45, 2.75) is 4.90 Å². The number of hydrogen-bond donors (Lipinski definition) is 3. The van der Waals surface area contributed by atoms with Gasteiger partial charge in [0.1, 0.15) is 0 Å². The Labute approximate surface area is 160 Å². The molecule has 27 heavy (non-hydrogen) atoms. The van der Waals surface area contributed by atoms with E-state index in [2.05, 4.69) is 15.0 Å². The van der Waals surface area contributed by atoms with Crippen LogP contribution in [0.1, 0.15) is 10.4 Å². The molecule has 3 aromatic rings. The van der Waals surface area contributed by atoms with Crippen molar-refractivity contribution in [2.24, 2.45) is 0 Å². The van der Waals surface area contributed by atoms with Crippen LogP contribution in [0.5, 0.6) is 5.75 Å². The second-order valence-electron chi connectivity index (χ2n) is 5.47. The molecule has 0 saturated heterocycles. The zero-order valence-electron chi connectivity index (χ0n) is 13.8. The van der Waals surface area contributed by atoms with Crippen LogP contribution in [0.2, 0.25) is 5.02 Å². The first kappa shape index (κ1) is 18.7. The first-order valence-electron chi connectivity index (χ1n) is 7.69. The van der Waals surface area contributed by atoms with Crippen LogP contribution >= 0.6 is 11.6 Å². The number of aromatic hydroxyl groups is 1. The molecule has 3 rings (SSSR count). The molecule has 0 fully saturated rings. The molecular formula is C18H14ClN3O4S. The summed E-state index contributed by atoms with van der Waals surface area (Å²) >= 11 is 5.86. The van der Waals surface area contributed by atoms with Crippen molar-refractivity contribution in [2.75, 3.05) is 10.0 Å². The molecule has 1 amide bonds. The highest BCUT2D eigenvalue weighted by Crippen LogP contribution is 2.22. The normalized spacial score (nSPS) is 11.0. The summed E-state index contributed by atoms with van der Waals surface area (Å²) in [5.74, 6) is -0.825. The van der Waals surface area contributed by atoms with Crippen molar-refractivity contribution in [1.29, 1.82) is 0 Å². The van der Waals surface area contributed by atoms with Crippen LogP contribution < -0.4 is 10.0 Å². The largest absolute Gasteiger partial charge is 0.504 e. The molecule has 2 aromatic carbocycles. The maximum atomic E-state index is 12.6. The monoisotopic (exact) mass is 403 g/mol. The number of carbonyl (C=O) groups is 1. The van der Waals surface area contributed by atoms with Gasteiger partial charge >= 0.3 is 0 Å². The van der Waals surface area contributed by atoms with Crippen LogP contribution in [0, 0.1) is 0 Å². The van der Waals surface area contributed by atoms with E-state index in [1.807, 2.05) is 0 Å². The summed E-state index contributed by atoms with van der Waals surface area (Å²) in [6.45, 7) is 0. The SMILES string of the molecule is O=C(Nc1ncccc1O)c1cccc(S(=O)(=O)Nc2cccc(Cl)c2)c1. The van der Waals surface area contributed by atoms with Crippen LogP contribution in [0.15, 0.2) is 71.8 Å². The number of pyridine rings is 1. The quantitative estimate of drug-likeness (QED) is 0.604. The van der Waals surface area contributed by atoms with Crippen LogP contribution in [-0.4, -0.2) is 24.4 Å². The van der Waals surface area contributed by atoms with E-state index in [1.54, 1.807) is 18.2 Å². The van der Waals surface area contributed by atoms with E-state index in [1.165, 1.54) is 48.7 Å². The van der Waals surface area contributed by atoms with Gasteiger partial charge in [-0.2, -0.15) is 0 Å².